The highest BCUT2D eigenvalue weighted by Gasteiger charge is 2.44. The third-order valence-electron chi connectivity index (χ3n) is 6.17. The number of hydrogen-bond donors (Lipinski definition) is 1. The number of aromatic nitrogens is 2. The second kappa shape index (κ2) is 7.46. The summed E-state index contributed by atoms with van der Waals surface area (Å²) in [6, 6.07) is 6.51. The molecule has 152 valence electrons. The van der Waals surface area contributed by atoms with Crippen LogP contribution in [0.4, 0.5) is 0 Å². The number of pyridine rings is 2. The third kappa shape index (κ3) is 3.57. The molecule has 2 aliphatic heterocycles. The normalized spacial score (nSPS) is 22.7. The molecule has 2 aromatic rings. The molecule has 0 aliphatic carbocycles. The summed E-state index contributed by atoms with van der Waals surface area (Å²) >= 11 is 0. The maximum atomic E-state index is 13.2. The van der Waals surface area contributed by atoms with Crippen LogP contribution in [0.3, 0.4) is 0 Å². The van der Waals surface area contributed by atoms with Gasteiger partial charge in [0.15, 0.2) is 0 Å². The lowest BCUT2D eigenvalue weighted by Crippen LogP contribution is -2.54. The molecule has 2 bridgehead atoms. The highest BCUT2D eigenvalue weighted by molar-refractivity contribution is 5.81. The van der Waals surface area contributed by atoms with Crippen LogP contribution in [0.15, 0.2) is 35.3 Å². The zero-order valence-corrected chi connectivity index (χ0v) is 17.0. The number of rotatable bonds is 3. The summed E-state index contributed by atoms with van der Waals surface area (Å²) in [6.45, 7) is 6.93. The second-order valence-corrected chi connectivity index (χ2v) is 8.19. The summed E-state index contributed by atoms with van der Waals surface area (Å²) < 4.78 is 1.64. The maximum Gasteiger partial charge on any atom is 0.251 e. The smallest absolute Gasteiger partial charge is 0.251 e. The van der Waals surface area contributed by atoms with Crippen molar-refractivity contribution in [3.63, 3.8) is 0 Å². The number of nitrogens with one attached hydrogen (secondary N) is 1. The first-order valence-electron chi connectivity index (χ1n) is 10.0. The Labute approximate surface area is 169 Å². The Balaban J connectivity index is 1.64. The molecular formula is C22H26N4O3. The molecule has 29 heavy (non-hydrogen) atoms. The third-order valence-corrected chi connectivity index (χ3v) is 6.17. The molecule has 2 aromatic heterocycles. The van der Waals surface area contributed by atoms with E-state index in [2.05, 4.69) is 10.3 Å². The van der Waals surface area contributed by atoms with E-state index in [1.807, 2.05) is 26.0 Å². The molecule has 0 radical (unpaired) electrons. The van der Waals surface area contributed by atoms with Crippen molar-refractivity contribution in [2.24, 2.45) is 5.92 Å². The number of fused-ring (bicyclic) bond motifs is 4. The minimum atomic E-state index is -0.615. The summed E-state index contributed by atoms with van der Waals surface area (Å²) in [5.41, 5.74) is 3.63. The molecule has 1 fully saturated rings. The average molecular weight is 394 g/mol. The van der Waals surface area contributed by atoms with Gasteiger partial charge in [-0.1, -0.05) is 6.07 Å². The minimum absolute atomic E-state index is 0.00643. The molecule has 2 amide bonds. The van der Waals surface area contributed by atoms with E-state index in [9.17, 15) is 14.4 Å². The van der Waals surface area contributed by atoms with Crippen LogP contribution in [-0.2, 0) is 16.1 Å². The van der Waals surface area contributed by atoms with Gasteiger partial charge in [0.1, 0.15) is 6.04 Å². The first-order chi connectivity index (χ1) is 13.8. The van der Waals surface area contributed by atoms with Crippen molar-refractivity contribution in [1.29, 1.82) is 0 Å². The van der Waals surface area contributed by atoms with Crippen molar-refractivity contribution in [2.75, 3.05) is 13.1 Å². The molecule has 0 aromatic carbocycles. The lowest BCUT2D eigenvalue weighted by molar-refractivity contribution is -0.135. The standard InChI is InChI=1S/C22H26N4O3/c1-13-7-14(2)23-9-18(13)10-24-22(29)21-17-8-16(11-25(12-17)15(3)27)19-5-4-6-20(28)26(19)21/h4-7,9,16-17,21H,8,10-12H2,1-3H3,(H,24,29)/t16-,17+,21-/m1/s1. The number of hydrogen-bond acceptors (Lipinski definition) is 4. The fraction of sp³-hybridized carbons (Fsp3) is 0.455. The Morgan fingerprint density at radius 3 is 2.76 bits per heavy atom. The monoisotopic (exact) mass is 394 g/mol. The topological polar surface area (TPSA) is 84.3 Å². The van der Waals surface area contributed by atoms with Gasteiger partial charge in [-0.15, -0.1) is 0 Å². The van der Waals surface area contributed by atoms with E-state index in [1.165, 1.54) is 6.07 Å². The van der Waals surface area contributed by atoms with Gasteiger partial charge < -0.3 is 10.2 Å². The van der Waals surface area contributed by atoms with Crippen LogP contribution < -0.4 is 10.9 Å². The number of likely N-dealkylation sites (tertiary alicyclic amines) is 1. The molecule has 7 heteroatoms. The zero-order chi connectivity index (χ0) is 20.7. The Bertz CT molecular complexity index is 1030. The Hall–Kier alpha value is -2.96. The molecule has 2 aliphatic rings. The first-order valence-corrected chi connectivity index (χ1v) is 10.0. The summed E-state index contributed by atoms with van der Waals surface area (Å²) in [6.07, 6.45) is 2.58. The van der Waals surface area contributed by atoms with Gasteiger partial charge in [0.05, 0.1) is 0 Å². The van der Waals surface area contributed by atoms with E-state index < -0.39 is 6.04 Å². The number of amides is 2. The molecule has 3 atom stereocenters. The maximum absolute atomic E-state index is 13.2. The molecule has 0 saturated carbocycles. The number of piperidine rings is 1. The van der Waals surface area contributed by atoms with E-state index in [1.54, 1.807) is 28.7 Å². The van der Waals surface area contributed by atoms with Gasteiger partial charge >= 0.3 is 0 Å². The van der Waals surface area contributed by atoms with Gasteiger partial charge in [0.25, 0.3) is 5.56 Å². The molecular weight excluding hydrogens is 368 g/mol. The molecule has 0 spiro atoms. The molecule has 1 saturated heterocycles. The van der Waals surface area contributed by atoms with E-state index >= 15 is 0 Å². The fourth-order valence-electron chi connectivity index (χ4n) is 4.72. The van der Waals surface area contributed by atoms with Crippen LogP contribution in [0.25, 0.3) is 0 Å². The lowest BCUT2D eigenvalue weighted by Gasteiger charge is -2.46. The van der Waals surface area contributed by atoms with Crippen LogP contribution in [0.1, 0.15) is 47.8 Å². The first kappa shape index (κ1) is 19.4. The van der Waals surface area contributed by atoms with Crippen molar-refractivity contribution in [2.45, 2.75) is 45.7 Å². The van der Waals surface area contributed by atoms with Gasteiger partial charge in [-0.2, -0.15) is 0 Å². The number of aryl methyl sites for hydroxylation is 2. The van der Waals surface area contributed by atoms with Crippen molar-refractivity contribution >= 4 is 11.8 Å². The van der Waals surface area contributed by atoms with Crippen molar-refractivity contribution in [1.82, 2.24) is 19.8 Å². The van der Waals surface area contributed by atoms with Crippen molar-refractivity contribution < 1.29 is 9.59 Å². The van der Waals surface area contributed by atoms with E-state index in [-0.39, 0.29) is 29.2 Å². The molecule has 0 unspecified atom stereocenters. The van der Waals surface area contributed by atoms with Gasteiger partial charge in [-0.25, -0.2) is 0 Å². The van der Waals surface area contributed by atoms with Gasteiger partial charge in [-0.05, 0) is 43.5 Å². The summed E-state index contributed by atoms with van der Waals surface area (Å²) in [4.78, 5) is 44.1. The quantitative estimate of drug-likeness (QED) is 0.859. The predicted molar refractivity (Wildman–Crippen MR) is 108 cm³/mol. The van der Waals surface area contributed by atoms with Gasteiger partial charge in [0.2, 0.25) is 11.8 Å². The van der Waals surface area contributed by atoms with Crippen LogP contribution >= 0.6 is 0 Å². The van der Waals surface area contributed by atoms with Crippen LogP contribution in [0.5, 0.6) is 0 Å². The van der Waals surface area contributed by atoms with E-state index in [4.69, 9.17) is 0 Å². The second-order valence-electron chi connectivity index (χ2n) is 8.19. The van der Waals surface area contributed by atoms with Gasteiger partial charge in [-0.3, -0.25) is 23.9 Å². The highest BCUT2D eigenvalue weighted by Crippen LogP contribution is 2.41. The minimum Gasteiger partial charge on any atom is -0.350 e. The Morgan fingerprint density at radius 2 is 2.03 bits per heavy atom. The Kier molecular flexibility index (Phi) is 4.98. The molecule has 1 N–H and O–H groups in total. The van der Waals surface area contributed by atoms with Crippen LogP contribution in [-0.4, -0.2) is 39.4 Å². The number of carbonyl (C=O) groups is 2. The zero-order valence-electron chi connectivity index (χ0n) is 17.0. The summed E-state index contributed by atoms with van der Waals surface area (Å²) in [5, 5.41) is 3.00. The largest absolute Gasteiger partial charge is 0.350 e. The Morgan fingerprint density at radius 1 is 1.24 bits per heavy atom. The summed E-state index contributed by atoms with van der Waals surface area (Å²) in [5.74, 6) is -0.179. The van der Waals surface area contributed by atoms with Crippen molar-refractivity contribution in [3.05, 3.63) is 63.3 Å². The lowest BCUT2D eigenvalue weighted by atomic mass is 9.78. The van der Waals surface area contributed by atoms with E-state index in [0.29, 0.717) is 19.6 Å². The van der Waals surface area contributed by atoms with Crippen molar-refractivity contribution in [3.8, 4) is 0 Å². The molecule has 7 nitrogen and oxygen atoms in total. The fourth-order valence-corrected chi connectivity index (χ4v) is 4.72. The predicted octanol–water partition coefficient (Wildman–Crippen LogP) is 1.68. The van der Waals surface area contributed by atoms with Crippen LogP contribution in [0, 0.1) is 19.8 Å². The van der Waals surface area contributed by atoms with Gasteiger partial charge in [0, 0.05) is 62.0 Å². The molecule has 4 heterocycles. The van der Waals surface area contributed by atoms with Crippen LogP contribution in [0.2, 0.25) is 0 Å². The SMILES string of the molecule is CC(=O)N1C[C@H]2C[C@@H](C1)[C@H](C(=O)NCc1cnc(C)cc1C)n1c2cccc1=O. The summed E-state index contributed by atoms with van der Waals surface area (Å²) in [7, 11) is 0. The number of nitrogens with zero attached hydrogens (tertiary/aromatic N) is 3. The highest BCUT2D eigenvalue weighted by atomic mass is 16.2. The molecule has 4 rings (SSSR count). The average Bonchev–Trinajstić information content (AvgIpc) is 2.68. The van der Waals surface area contributed by atoms with E-state index in [0.717, 1.165) is 28.9 Å². The number of carbonyl (C=O) groups excluding carboxylic acids is 2.